The van der Waals surface area contributed by atoms with E-state index in [1.54, 1.807) is 12.1 Å². The van der Waals surface area contributed by atoms with Crippen molar-refractivity contribution in [2.45, 2.75) is 26.0 Å². The molecule has 1 aromatic rings. The second-order valence-electron chi connectivity index (χ2n) is 4.82. The molecule has 1 aromatic carbocycles. The average molecular weight is 248 g/mol. The van der Waals surface area contributed by atoms with Crippen molar-refractivity contribution in [2.24, 2.45) is 11.7 Å². The maximum atomic E-state index is 10.9. The van der Waals surface area contributed by atoms with Crippen molar-refractivity contribution in [1.82, 2.24) is 5.32 Å². The Bertz CT molecular complexity index is 403. The molecule has 0 saturated carbocycles. The molecule has 2 rings (SSSR count). The number of nitrogens with one attached hydrogen (secondary N) is 1. The van der Waals surface area contributed by atoms with Crippen LogP contribution < -0.4 is 11.1 Å². The Hall–Kier alpha value is -1.39. The van der Waals surface area contributed by atoms with E-state index >= 15 is 0 Å². The monoisotopic (exact) mass is 248 g/mol. The number of ether oxygens (including phenoxy) is 1. The molecule has 1 amide bonds. The average Bonchev–Trinajstić information content (AvgIpc) is 2.76. The quantitative estimate of drug-likeness (QED) is 0.825. The molecule has 1 fully saturated rings. The summed E-state index contributed by atoms with van der Waals surface area (Å²) in [7, 11) is 0. The molecule has 0 bridgehead atoms. The Morgan fingerprint density at radius 2 is 2.17 bits per heavy atom. The first kappa shape index (κ1) is 13.1. The summed E-state index contributed by atoms with van der Waals surface area (Å²) in [6.45, 7) is 4.78. The highest BCUT2D eigenvalue weighted by Crippen LogP contribution is 2.19. The number of benzene rings is 1. The zero-order valence-corrected chi connectivity index (χ0v) is 10.7. The fourth-order valence-electron chi connectivity index (χ4n) is 2.23. The van der Waals surface area contributed by atoms with E-state index in [1.165, 1.54) is 0 Å². The van der Waals surface area contributed by atoms with Crippen molar-refractivity contribution in [3.05, 3.63) is 35.4 Å². The topological polar surface area (TPSA) is 64.3 Å². The lowest BCUT2D eigenvalue weighted by molar-refractivity contribution is 0.1000. The van der Waals surface area contributed by atoms with E-state index in [9.17, 15) is 4.79 Å². The predicted molar refractivity (Wildman–Crippen MR) is 70.2 cm³/mol. The van der Waals surface area contributed by atoms with Gasteiger partial charge in [-0.1, -0.05) is 12.1 Å². The Kier molecular flexibility index (Phi) is 4.33. The van der Waals surface area contributed by atoms with Gasteiger partial charge in [-0.05, 0) is 37.0 Å². The van der Waals surface area contributed by atoms with Crippen LogP contribution in [0, 0.1) is 5.92 Å². The van der Waals surface area contributed by atoms with Crippen LogP contribution in [0.4, 0.5) is 0 Å². The minimum absolute atomic E-state index is 0.356. The first-order valence-corrected chi connectivity index (χ1v) is 6.38. The van der Waals surface area contributed by atoms with Crippen LogP contribution in [0.3, 0.4) is 0 Å². The first-order chi connectivity index (χ1) is 8.66. The van der Waals surface area contributed by atoms with Crippen molar-refractivity contribution >= 4 is 5.91 Å². The van der Waals surface area contributed by atoms with Gasteiger partial charge in [-0.15, -0.1) is 0 Å². The highest BCUT2D eigenvalue weighted by Gasteiger charge is 2.23. The Morgan fingerprint density at radius 3 is 2.72 bits per heavy atom. The van der Waals surface area contributed by atoms with E-state index in [2.05, 4.69) is 12.2 Å². The number of nitrogens with two attached hydrogens (primary N) is 1. The number of hydrogen-bond donors (Lipinski definition) is 2. The van der Waals surface area contributed by atoms with E-state index < -0.39 is 0 Å². The smallest absolute Gasteiger partial charge is 0.248 e. The molecule has 2 atom stereocenters. The van der Waals surface area contributed by atoms with Gasteiger partial charge in [0.05, 0.1) is 6.10 Å². The molecule has 98 valence electrons. The summed E-state index contributed by atoms with van der Waals surface area (Å²) in [5.41, 5.74) is 6.90. The van der Waals surface area contributed by atoms with Crippen LogP contribution in [-0.2, 0) is 11.3 Å². The number of rotatable bonds is 5. The third-order valence-electron chi connectivity index (χ3n) is 3.51. The Balaban J connectivity index is 1.78. The molecule has 0 aliphatic carbocycles. The zero-order valence-electron chi connectivity index (χ0n) is 10.7. The van der Waals surface area contributed by atoms with Crippen LogP contribution in [-0.4, -0.2) is 25.2 Å². The predicted octanol–water partition coefficient (Wildman–Crippen LogP) is 1.30. The van der Waals surface area contributed by atoms with Crippen molar-refractivity contribution in [3.8, 4) is 0 Å². The molecule has 1 aliphatic heterocycles. The second kappa shape index (κ2) is 5.98. The summed E-state index contributed by atoms with van der Waals surface area (Å²) < 4.78 is 5.52. The molecule has 0 spiro atoms. The minimum Gasteiger partial charge on any atom is -0.378 e. The van der Waals surface area contributed by atoms with Crippen LogP contribution in [0.25, 0.3) is 0 Å². The largest absolute Gasteiger partial charge is 0.378 e. The highest BCUT2D eigenvalue weighted by atomic mass is 16.5. The standard InChI is InChI=1S/C14H20N2O2/c1-10-13(6-7-18-10)9-16-8-11-2-4-12(5-3-11)14(15)17/h2-5,10,13,16H,6-9H2,1H3,(H2,15,17). The van der Waals surface area contributed by atoms with Gasteiger partial charge in [0.25, 0.3) is 0 Å². The van der Waals surface area contributed by atoms with Crippen LogP contribution in [0.2, 0.25) is 0 Å². The molecule has 0 radical (unpaired) electrons. The lowest BCUT2D eigenvalue weighted by Gasteiger charge is -2.14. The van der Waals surface area contributed by atoms with Crippen molar-refractivity contribution < 1.29 is 9.53 Å². The van der Waals surface area contributed by atoms with Crippen molar-refractivity contribution in [2.75, 3.05) is 13.2 Å². The van der Waals surface area contributed by atoms with Crippen LogP contribution in [0.5, 0.6) is 0 Å². The number of primary amides is 1. The van der Waals surface area contributed by atoms with Gasteiger partial charge in [-0.25, -0.2) is 0 Å². The van der Waals surface area contributed by atoms with E-state index in [4.69, 9.17) is 10.5 Å². The molecule has 1 aliphatic rings. The summed E-state index contributed by atoms with van der Waals surface area (Å²) in [5.74, 6) is 0.223. The molecular formula is C14H20N2O2. The van der Waals surface area contributed by atoms with Gasteiger partial charge in [0.15, 0.2) is 0 Å². The van der Waals surface area contributed by atoms with Gasteiger partial charge < -0.3 is 15.8 Å². The Labute approximate surface area is 108 Å². The maximum Gasteiger partial charge on any atom is 0.248 e. The van der Waals surface area contributed by atoms with Crippen LogP contribution in [0.15, 0.2) is 24.3 Å². The zero-order chi connectivity index (χ0) is 13.0. The van der Waals surface area contributed by atoms with Gasteiger partial charge >= 0.3 is 0 Å². The van der Waals surface area contributed by atoms with Crippen molar-refractivity contribution in [1.29, 1.82) is 0 Å². The molecule has 0 aromatic heterocycles. The fourth-order valence-corrected chi connectivity index (χ4v) is 2.23. The molecule has 3 N–H and O–H groups in total. The van der Waals surface area contributed by atoms with Crippen molar-refractivity contribution in [3.63, 3.8) is 0 Å². The minimum atomic E-state index is -0.383. The molecule has 4 heteroatoms. The number of carbonyl (C=O) groups is 1. The van der Waals surface area contributed by atoms with Gasteiger partial charge in [0.2, 0.25) is 5.91 Å². The molecule has 1 heterocycles. The first-order valence-electron chi connectivity index (χ1n) is 6.38. The number of amides is 1. The molecule has 4 nitrogen and oxygen atoms in total. The summed E-state index contributed by atoms with van der Waals surface area (Å²) in [5, 5.41) is 3.43. The summed E-state index contributed by atoms with van der Waals surface area (Å²) >= 11 is 0. The van der Waals surface area contributed by atoms with E-state index in [1.807, 2.05) is 12.1 Å². The van der Waals surface area contributed by atoms with Crippen LogP contribution >= 0.6 is 0 Å². The summed E-state index contributed by atoms with van der Waals surface area (Å²) in [6.07, 6.45) is 1.49. The lowest BCUT2D eigenvalue weighted by atomic mass is 10.0. The van der Waals surface area contributed by atoms with Gasteiger partial charge in [0, 0.05) is 25.3 Å². The summed E-state index contributed by atoms with van der Waals surface area (Å²) in [4.78, 5) is 10.9. The second-order valence-corrected chi connectivity index (χ2v) is 4.82. The van der Waals surface area contributed by atoms with Gasteiger partial charge in [0.1, 0.15) is 0 Å². The maximum absolute atomic E-state index is 10.9. The molecule has 2 unspecified atom stereocenters. The molecule has 18 heavy (non-hydrogen) atoms. The normalized spacial score (nSPS) is 23.2. The van der Waals surface area contributed by atoms with E-state index in [0.717, 1.165) is 31.7 Å². The van der Waals surface area contributed by atoms with E-state index in [-0.39, 0.29) is 5.91 Å². The number of carbonyl (C=O) groups excluding carboxylic acids is 1. The van der Waals surface area contributed by atoms with Gasteiger partial charge in [-0.2, -0.15) is 0 Å². The number of hydrogen-bond acceptors (Lipinski definition) is 3. The third kappa shape index (κ3) is 3.31. The third-order valence-corrected chi connectivity index (χ3v) is 3.51. The lowest BCUT2D eigenvalue weighted by Crippen LogP contribution is -2.26. The molecule has 1 saturated heterocycles. The highest BCUT2D eigenvalue weighted by molar-refractivity contribution is 5.92. The fraction of sp³-hybridized carbons (Fsp3) is 0.500. The molecular weight excluding hydrogens is 228 g/mol. The van der Waals surface area contributed by atoms with E-state index in [0.29, 0.717) is 17.6 Å². The van der Waals surface area contributed by atoms with Crippen LogP contribution in [0.1, 0.15) is 29.3 Å². The SMILES string of the molecule is CC1OCCC1CNCc1ccc(C(N)=O)cc1. The summed E-state index contributed by atoms with van der Waals surface area (Å²) in [6, 6.07) is 7.39. The van der Waals surface area contributed by atoms with Gasteiger partial charge in [-0.3, -0.25) is 4.79 Å². The Morgan fingerprint density at radius 1 is 1.44 bits per heavy atom.